The molecule has 0 aliphatic rings. The Morgan fingerprint density at radius 2 is 2.07 bits per heavy atom. The van der Waals surface area contributed by atoms with E-state index in [1.807, 2.05) is 6.92 Å². The Kier molecular flexibility index (Phi) is 4.20. The van der Waals surface area contributed by atoms with Gasteiger partial charge in [0.2, 0.25) is 5.88 Å². The molecule has 6 heteroatoms. The zero-order valence-electron chi connectivity index (χ0n) is 8.43. The van der Waals surface area contributed by atoms with E-state index < -0.39 is 13.0 Å². The number of rotatable bonds is 4. The first-order chi connectivity index (χ1) is 7.04. The number of halogens is 3. The minimum Gasteiger partial charge on any atom is -0.471 e. The summed E-state index contributed by atoms with van der Waals surface area (Å²) in [5.41, 5.74) is 0.481. The summed E-state index contributed by atoms with van der Waals surface area (Å²) in [6.45, 7) is 2.79. The van der Waals surface area contributed by atoms with E-state index in [-0.39, 0.29) is 11.0 Å². The van der Waals surface area contributed by atoms with Crippen LogP contribution in [0.3, 0.4) is 0 Å². The van der Waals surface area contributed by atoms with E-state index in [1.165, 1.54) is 0 Å². The van der Waals surface area contributed by atoms with Gasteiger partial charge in [0.05, 0.1) is 0 Å². The number of hydrogen-bond acceptors (Lipinski definition) is 3. The molecule has 15 heavy (non-hydrogen) atoms. The normalized spacial score (nSPS) is 10.8. The van der Waals surface area contributed by atoms with E-state index in [4.69, 9.17) is 16.3 Å². The van der Waals surface area contributed by atoms with Gasteiger partial charge in [0.15, 0.2) is 6.61 Å². The Morgan fingerprint density at radius 1 is 1.40 bits per heavy atom. The molecule has 1 aromatic rings. The van der Waals surface area contributed by atoms with Gasteiger partial charge in [-0.3, -0.25) is 0 Å². The van der Waals surface area contributed by atoms with Crippen molar-refractivity contribution in [3.05, 3.63) is 16.5 Å². The van der Waals surface area contributed by atoms with Crippen LogP contribution in [0.25, 0.3) is 0 Å². The van der Waals surface area contributed by atoms with Crippen LogP contribution in [0.4, 0.5) is 8.78 Å². The maximum Gasteiger partial charge on any atom is 0.272 e. The van der Waals surface area contributed by atoms with E-state index in [2.05, 4.69) is 9.97 Å². The molecule has 0 aromatic carbocycles. The number of aryl methyl sites for hydroxylation is 1. The zero-order chi connectivity index (χ0) is 11.4. The molecular weight excluding hydrogens is 226 g/mol. The Labute approximate surface area is 91.4 Å². The molecule has 1 rings (SSSR count). The van der Waals surface area contributed by atoms with E-state index in [0.29, 0.717) is 17.8 Å². The van der Waals surface area contributed by atoms with Crippen molar-refractivity contribution in [3.63, 3.8) is 0 Å². The van der Waals surface area contributed by atoms with Crippen LogP contribution < -0.4 is 4.74 Å². The smallest absolute Gasteiger partial charge is 0.272 e. The fourth-order valence-electron chi connectivity index (χ4n) is 0.952. The van der Waals surface area contributed by atoms with Gasteiger partial charge in [0.1, 0.15) is 11.0 Å². The molecule has 0 fully saturated rings. The predicted molar refractivity (Wildman–Crippen MR) is 52.7 cm³/mol. The highest BCUT2D eigenvalue weighted by molar-refractivity contribution is 6.30. The van der Waals surface area contributed by atoms with Gasteiger partial charge in [0.25, 0.3) is 6.43 Å². The highest BCUT2D eigenvalue weighted by Gasteiger charge is 2.11. The Balaban J connectivity index is 2.90. The third kappa shape index (κ3) is 3.27. The van der Waals surface area contributed by atoms with E-state index in [1.54, 1.807) is 6.92 Å². The molecule has 0 N–H and O–H groups in total. The fourth-order valence-corrected chi connectivity index (χ4v) is 1.13. The summed E-state index contributed by atoms with van der Waals surface area (Å²) in [7, 11) is 0. The van der Waals surface area contributed by atoms with Crippen molar-refractivity contribution in [2.24, 2.45) is 0 Å². The second kappa shape index (κ2) is 5.21. The Morgan fingerprint density at radius 3 is 2.60 bits per heavy atom. The van der Waals surface area contributed by atoms with Crippen molar-refractivity contribution in [3.8, 4) is 5.88 Å². The summed E-state index contributed by atoms with van der Waals surface area (Å²) in [4.78, 5) is 7.94. The molecule has 0 saturated heterocycles. The molecule has 84 valence electrons. The first kappa shape index (κ1) is 12.1. The van der Waals surface area contributed by atoms with Gasteiger partial charge in [-0.2, -0.15) is 4.98 Å². The third-order valence-electron chi connectivity index (χ3n) is 1.75. The summed E-state index contributed by atoms with van der Waals surface area (Å²) in [5, 5.41) is 0.242. The van der Waals surface area contributed by atoms with Crippen LogP contribution in [0.5, 0.6) is 5.88 Å². The molecule has 1 aromatic heterocycles. The highest BCUT2D eigenvalue weighted by Crippen LogP contribution is 2.22. The molecule has 0 amide bonds. The van der Waals surface area contributed by atoms with Crippen LogP contribution in [0.1, 0.15) is 18.3 Å². The van der Waals surface area contributed by atoms with Crippen molar-refractivity contribution in [1.29, 1.82) is 0 Å². The lowest BCUT2D eigenvalue weighted by atomic mass is 10.3. The summed E-state index contributed by atoms with van der Waals surface area (Å²) in [6.07, 6.45) is -1.95. The Bertz CT molecular complexity index is 347. The predicted octanol–water partition coefficient (Wildman–Crippen LogP) is 2.64. The largest absolute Gasteiger partial charge is 0.471 e. The molecule has 1 heterocycles. The molecule has 0 aliphatic heterocycles. The number of aromatic nitrogens is 2. The van der Waals surface area contributed by atoms with Crippen LogP contribution in [0.15, 0.2) is 0 Å². The van der Waals surface area contributed by atoms with Gasteiger partial charge in [0, 0.05) is 12.0 Å². The van der Waals surface area contributed by atoms with E-state index in [9.17, 15) is 8.78 Å². The lowest BCUT2D eigenvalue weighted by Crippen LogP contribution is -2.10. The minimum atomic E-state index is -2.52. The second-order valence-electron chi connectivity index (χ2n) is 2.92. The van der Waals surface area contributed by atoms with Crippen LogP contribution in [-0.4, -0.2) is 23.0 Å². The van der Waals surface area contributed by atoms with Gasteiger partial charge >= 0.3 is 0 Å². The topological polar surface area (TPSA) is 35.0 Å². The average Bonchev–Trinajstić information content (AvgIpc) is 2.19. The first-order valence-electron chi connectivity index (χ1n) is 4.48. The van der Waals surface area contributed by atoms with Gasteiger partial charge in [-0.25, -0.2) is 13.8 Å². The van der Waals surface area contributed by atoms with Crippen molar-refractivity contribution in [1.82, 2.24) is 9.97 Å². The van der Waals surface area contributed by atoms with Crippen LogP contribution >= 0.6 is 11.6 Å². The van der Waals surface area contributed by atoms with Crippen molar-refractivity contribution in [2.75, 3.05) is 6.61 Å². The van der Waals surface area contributed by atoms with Gasteiger partial charge in [-0.1, -0.05) is 18.5 Å². The summed E-state index contributed by atoms with van der Waals surface area (Å²) >= 11 is 5.79. The molecule has 0 bridgehead atoms. The number of alkyl halides is 2. The monoisotopic (exact) mass is 236 g/mol. The van der Waals surface area contributed by atoms with E-state index >= 15 is 0 Å². The van der Waals surface area contributed by atoms with Crippen LogP contribution in [0.2, 0.25) is 5.15 Å². The van der Waals surface area contributed by atoms with Gasteiger partial charge in [-0.15, -0.1) is 0 Å². The maximum atomic E-state index is 11.9. The SMILES string of the molecule is CCc1nc(Cl)c(C)c(OCC(F)F)n1. The van der Waals surface area contributed by atoms with Gasteiger partial charge < -0.3 is 4.74 Å². The molecule has 3 nitrogen and oxygen atoms in total. The van der Waals surface area contributed by atoms with Gasteiger partial charge in [-0.05, 0) is 6.92 Å². The zero-order valence-corrected chi connectivity index (χ0v) is 9.18. The lowest BCUT2D eigenvalue weighted by Gasteiger charge is -2.09. The molecule has 0 unspecified atom stereocenters. The lowest BCUT2D eigenvalue weighted by molar-refractivity contribution is 0.0790. The van der Waals surface area contributed by atoms with E-state index in [0.717, 1.165) is 0 Å². The number of nitrogens with zero attached hydrogens (tertiary/aromatic N) is 2. The standard InChI is InChI=1S/C9H11ClF2N2O/c1-3-7-13-8(10)5(2)9(14-7)15-4-6(11)12/h6H,3-4H2,1-2H3. The molecule has 0 spiro atoms. The summed E-state index contributed by atoms with van der Waals surface area (Å²) in [6, 6.07) is 0. The fraction of sp³-hybridized carbons (Fsp3) is 0.556. The number of hydrogen-bond donors (Lipinski definition) is 0. The van der Waals surface area contributed by atoms with Crippen LogP contribution in [0, 0.1) is 6.92 Å². The molecule has 0 saturated carbocycles. The first-order valence-corrected chi connectivity index (χ1v) is 4.86. The average molecular weight is 237 g/mol. The summed E-state index contributed by atoms with van der Waals surface area (Å²) < 4.78 is 28.7. The maximum absolute atomic E-state index is 11.9. The summed E-state index contributed by atoms with van der Waals surface area (Å²) in [5.74, 6) is 0.613. The third-order valence-corrected chi connectivity index (χ3v) is 2.12. The molecular formula is C9H11ClF2N2O. The molecule has 0 atom stereocenters. The molecule has 0 radical (unpaired) electrons. The second-order valence-corrected chi connectivity index (χ2v) is 3.27. The quantitative estimate of drug-likeness (QED) is 0.754. The Hall–Kier alpha value is -0.970. The van der Waals surface area contributed by atoms with Crippen molar-refractivity contribution >= 4 is 11.6 Å². The highest BCUT2D eigenvalue weighted by atomic mass is 35.5. The van der Waals surface area contributed by atoms with Crippen molar-refractivity contribution in [2.45, 2.75) is 26.7 Å². The number of ether oxygens (including phenoxy) is 1. The van der Waals surface area contributed by atoms with Crippen molar-refractivity contribution < 1.29 is 13.5 Å². The van der Waals surface area contributed by atoms with Crippen LogP contribution in [-0.2, 0) is 6.42 Å². The minimum absolute atomic E-state index is 0.132. The molecule has 0 aliphatic carbocycles.